The molecule has 20 heavy (non-hydrogen) atoms. The van der Waals surface area contributed by atoms with Gasteiger partial charge < -0.3 is 4.90 Å². The summed E-state index contributed by atoms with van der Waals surface area (Å²) in [6.07, 6.45) is 6.92. The summed E-state index contributed by atoms with van der Waals surface area (Å²) in [5, 5.41) is 7.65. The minimum atomic E-state index is 0.239. The van der Waals surface area contributed by atoms with Crippen molar-refractivity contribution in [2.24, 2.45) is 0 Å². The summed E-state index contributed by atoms with van der Waals surface area (Å²) in [5.74, 6) is 0.239. The first-order chi connectivity index (χ1) is 9.79. The number of unbranched alkanes of at least 4 members (excludes halogenated alkanes) is 1. The topological polar surface area (TPSA) is 51.0 Å². The number of hydrogen-bond acceptors (Lipinski definition) is 3. The molecule has 1 amide bonds. The number of fused-ring (bicyclic) bond motifs is 1. The molecule has 0 aliphatic carbocycles. The number of rotatable bonds is 4. The number of aryl methyl sites for hydroxylation is 1. The van der Waals surface area contributed by atoms with Gasteiger partial charge in [0.1, 0.15) is 12.7 Å². The van der Waals surface area contributed by atoms with E-state index < -0.39 is 0 Å². The normalized spacial score (nSPS) is 14.4. The zero-order valence-electron chi connectivity index (χ0n) is 11.6. The van der Waals surface area contributed by atoms with Crippen molar-refractivity contribution in [1.82, 2.24) is 14.8 Å². The minimum absolute atomic E-state index is 0.239. The van der Waals surface area contributed by atoms with E-state index in [1.165, 1.54) is 5.56 Å². The Morgan fingerprint density at radius 2 is 2.00 bits per heavy atom. The molecule has 5 heteroatoms. The molecule has 104 valence electrons. The molecule has 2 heterocycles. The van der Waals surface area contributed by atoms with E-state index in [4.69, 9.17) is 0 Å². The summed E-state index contributed by atoms with van der Waals surface area (Å²) < 4.78 is 1.88. The average molecular weight is 270 g/mol. The molecule has 0 bridgehead atoms. The van der Waals surface area contributed by atoms with E-state index in [-0.39, 0.29) is 5.91 Å². The highest BCUT2D eigenvalue weighted by Crippen LogP contribution is 2.30. The van der Waals surface area contributed by atoms with Gasteiger partial charge in [0.15, 0.2) is 0 Å². The van der Waals surface area contributed by atoms with Gasteiger partial charge in [-0.1, -0.05) is 13.3 Å². The Bertz CT molecular complexity index is 606. The summed E-state index contributed by atoms with van der Waals surface area (Å²) in [4.78, 5) is 14.0. The van der Waals surface area contributed by atoms with E-state index in [0.29, 0.717) is 6.42 Å². The fourth-order valence-corrected chi connectivity index (χ4v) is 2.60. The molecule has 1 aromatic heterocycles. The van der Waals surface area contributed by atoms with Crippen molar-refractivity contribution < 1.29 is 4.79 Å². The van der Waals surface area contributed by atoms with Crippen molar-refractivity contribution in [3.05, 3.63) is 36.4 Å². The van der Waals surface area contributed by atoms with Gasteiger partial charge in [-0.3, -0.25) is 9.36 Å². The van der Waals surface area contributed by atoms with Gasteiger partial charge in [-0.2, -0.15) is 0 Å². The van der Waals surface area contributed by atoms with Crippen molar-refractivity contribution in [3.8, 4) is 5.69 Å². The van der Waals surface area contributed by atoms with Gasteiger partial charge in [0.05, 0.1) is 0 Å². The van der Waals surface area contributed by atoms with Crippen molar-refractivity contribution >= 4 is 11.6 Å². The zero-order chi connectivity index (χ0) is 13.9. The Hall–Kier alpha value is -2.17. The van der Waals surface area contributed by atoms with Crippen LogP contribution in [0.1, 0.15) is 31.7 Å². The van der Waals surface area contributed by atoms with Gasteiger partial charge in [0.25, 0.3) is 0 Å². The Labute approximate surface area is 118 Å². The lowest BCUT2D eigenvalue weighted by Crippen LogP contribution is -2.35. The Morgan fingerprint density at radius 3 is 2.75 bits per heavy atom. The van der Waals surface area contributed by atoms with E-state index in [9.17, 15) is 4.79 Å². The van der Waals surface area contributed by atoms with E-state index in [1.807, 2.05) is 21.6 Å². The van der Waals surface area contributed by atoms with E-state index in [1.54, 1.807) is 12.7 Å². The van der Waals surface area contributed by atoms with Crippen LogP contribution in [0.5, 0.6) is 0 Å². The second-order valence-corrected chi connectivity index (χ2v) is 5.08. The number of nitrogens with zero attached hydrogens (tertiary/aromatic N) is 4. The fourth-order valence-electron chi connectivity index (χ4n) is 2.60. The number of amides is 1. The number of anilines is 1. The molecule has 3 rings (SSSR count). The maximum atomic E-state index is 12.1. The van der Waals surface area contributed by atoms with Crippen LogP contribution in [-0.2, 0) is 11.2 Å². The molecule has 0 radical (unpaired) electrons. The maximum Gasteiger partial charge on any atom is 0.227 e. The molecular formula is C15H18N4O. The van der Waals surface area contributed by atoms with Crippen molar-refractivity contribution in [3.63, 3.8) is 0 Å². The molecular weight excluding hydrogens is 252 g/mol. The SMILES string of the molecule is CCCCN1C(=O)CCc2cc(-n3cnnc3)ccc21. The molecule has 0 N–H and O–H groups in total. The van der Waals surface area contributed by atoms with E-state index in [2.05, 4.69) is 23.2 Å². The van der Waals surface area contributed by atoms with Crippen LogP contribution in [-0.4, -0.2) is 27.2 Å². The van der Waals surface area contributed by atoms with Crippen LogP contribution in [0.2, 0.25) is 0 Å². The highest BCUT2D eigenvalue weighted by atomic mass is 16.2. The lowest BCUT2D eigenvalue weighted by atomic mass is 10.00. The van der Waals surface area contributed by atoms with Crippen LogP contribution in [0.15, 0.2) is 30.9 Å². The Kier molecular flexibility index (Phi) is 3.50. The van der Waals surface area contributed by atoms with E-state index >= 15 is 0 Å². The van der Waals surface area contributed by atoms with Crippen molar-refractivity contribution in [2.75, 3.05) is 11.4 Å². The Morgan fingerprint density at radius 1 is 1.20 bits per heavy atom. The largest absolute Gasteiger partial charge is 0.312 e. The molecule has 0 spiro atoms. The lowest BCUT2D eigenvalue weighted by Gasteiger charge is -2.29. The standard InChI is InChI=1S/C15H18N4O/c1-2-3-8-19-14-6-5-13(18-10-16-17-11-18)9-12(14)4-7-15(19)20/h5-6,9-11H,2-4,7-8H2,1H3. The van der Waals surface area contributed by atoms with Gasteiger partial charge in [-0.25, -0.2) is 0 Å². The second kappa shape index (κ2) is 5.45. The first-order valence-electron chi connectivity index (χ1n) is 7.08. The maximum absolute atomic E-state index is 12.1. The van der Waals surface area contributed by atoms with Crippen LogP contribution in [0, 0.1) is 0 Å². The minimum Gasteiger partial charge on any atom is -0.312 e. The first kappa shape index (κ1) is 12.8. The molecule has 0 saturated heterocycles. The molecule has 1 aliphatic rings. The predicted octanol–water partition coefficient (Wildman–Crippen LogP) is 2.35. The van der Waals surface area contributed by atoms with Crippen LogP contribution < -0.4 is 4.90 Å². The molecule has 5 nitrogen and oxygen atoms in total. The molecule has 0 saturated carbocycles. The number of carbonyl (C=O) groups is 1. The third-order valence-electron chi connectivity index (χ3n) is 3.72. The monoisotopic (exact) mass is 270 g/mol. The summed E-state index contributed by atoms with van der Waals surface area (Å²) >= 11 is 0. The van der Waals surface area contributed by atoms with Crippen molar-refractivity contribution in [1.29, 1.82) is 0 Å². The average Bonchev–Trinajstić information content (AvgIpc) is 3.00. The number of hydrogen-bond donors (Lipinski definition) is 0. The fraction of sp³-hybridized carbons (Fsp3) is 0.400. The Balaban J connectivity index is 1.93. The molecule has 0 fully saturated rings. The summed E-state index contributed by atoms with van der Waals surface area (Å²) in [7, 11) is 0. The molecule has 2 aromatic rings. The quantitative estimate of drug-likeness (QED) is 0.857. The van der Waals surface area contributed by atoms with Gasteiger partial charge in [0, 0.05) is 24.3 Å². The molecule has 1 aliphatic heterocycles. The smallest absolute Gasteiger partial charge is 0.227 e. The van der Waals surface area contributed by atoms with Gasteiger partial charge in [-0.15, -0.1) is 10.2 Å². The van der Waals surface area contributed by atoms with Crippen LogP contribution in [0.25, 0.3) is 5.69 Å². The van der Waals surface area contributed by atoms with Gasteiger partial charge in [0.2, 0.25) is 5.91 Å². The third-order valence-corrected chi connectivity index (χ3v) is 3.72. The highest BCUT2D eigenvalue weighted by Gasteiger charge is 2.23. The van der Waals surface area contributed by atoms with Crippen LogP contribution in [0.4, 0.5) is 5.69 Å². The van der Waals surface area contributed by atoms with Gasteiger partial charge >= 0.3 is 0 Å². The molecule has 1 aromatic carbocycles. The molecule has 0 atom stereocenters. The van der Waals surface area contributed by atoms with Crippen LogP contribution in [0.3, 0.4) is 0 Å². The summed E-state index contributed by atoms with van der Waals surface area (Å²) in [6, 6.07) is 6.18. The first-order valence-corrected chi connectivity index (χ1v) is 7.08. The molecule has 0 unspecified atom stereocenters. The third kappa shape index (κ3) is 2.31. The predicted molar refractivity (Wildman–Crippen MR) is 76.9 cm³/mol. The van der Waals surface area contributed by atoms with Gasteiger partial charge in [-0.05, 0) is 36.6 Å². The summed E-state index contributed by atoms with van der Waals surface area (Å²) in [5.41, 5.74) is 3.33. The summed E-state index contributed by atoms with van der Waals surface area (Å²) in [6.45, 7) is 2.96. The number of aromatic nitrogens is 3. The number of benzene rings is 1. The van der Waals surface area contributed by atoms with Crippen molar-refractivity contribution in [2.45, 2.75) is 32.6 Å². The van der Waals surface area contributed by atoms with Crippen LogP contribution >= 0.6 is 0 Å². The zero-order valence-corrected chi connectivity index (χ0v) is 11.6. The lowest BCUT2D eigenvalue weighted by molar-refractivity contribution is -0.118. The second-order valence-electron chi connectivity index (χ2n) is 5.08. The van der Waals surface area contributed by atoms with E-state index in [0.717, 1.165) is 37.2 Å². The highest BCUT2D eigenvalue weighted by molar-refractivity contribution is 5.96. The number of carbonyl (C=O) groups excluding carboxylic acids is 1.